The predicted molar refractivity (Wildman–Crippen MR) is 168 cm³/mol. The number of hydrogen-bond donors (Lipinski definition) is 8. The van der Waals surface area contributed by atoms with Crippen LogP contribution in [0.15, 0.2) is 40.3 Å². The van der Waals surface area contributed by atoms with E-state index in [0.717, 1.165) is 0 Å². The molecule has 1 saturated heterocycles. The van der Waals surface area contributed by atoms with Gasteiger partial charge in [0.1, 0.15) is 16.9 Å². The van der Waals surface area contributed by atoms with E-state index in [4.69, 9.17) is 27.8 Å². The number of aliphatic imine (C=N–C) groups is 2. The number of fused-ring (bicyclic) bond motifs is 3. The fourth-order valence-electron chi connectivity index (χ4n) is 6.97. The molecule has 5 heterocycles. The maximum absolute atomic E-state index is 13.2. The van der Waals surface area contributed by atoms with Crippen molar-refractivity contribution in [2.24, 2.45) is 39.2 Å². The third-order valence-corrected chi connectivity index (χ3v) is 12.7. The summed E-state index contributed by atoms with van der Waals surface area (Å²) in [6.45, 7) is 0.171. The lowest BCUT2D eigenvalue weighted by molar-refractivity contribution is -0.0613. The van der Waals surface area contributed by atoms with E-state index in [9.17, 15) is 14.7 Å². The molecule has 226 valence electrons. The van der Waals surface area contributed by atoms with Crippen LogP contribution >= 0.6 is 75.3 Å². The summed E-state index contributed by atoms with van der Waals surface area (Å²) in [7, 11) is 1.48. The van der Waals surface area contributed by atoms with E-state index in [-0.39, 0.29) is 36.8 Å². The number of guanidine groups is 2. The van der Waals surface area contributed by atoms with Crippen molar-refractivity contribution in [2.75, 3.05) is 20.2 Å². The number of alkyl halides is 1. The molecular weight excluding hydrogens is 835 g/mol. The van der Waals surface area contributed by atoms with Crippen molar-refractivity contribution in [1.29, 1.82) is 0 Å². The number of rotatable bonds is 7. The Morgan fingerprint density at radius 3 is 2.10 bits per heavy atom. The van der Waals surface area contributed by atoms with E-state index < -0.39 is 46.8 Å². The van der Waals surface area contributed by atoms with Crippen molar-refractivity contribution in [3.63, 3.8) is 0 Å². The lowest BCUT2D eigenvalue weighted by atomic mass is 9.77. The van der Waals surface area contributed by atoms with E-state index in [2.05, 4.69) is 99.6 Å². The Morgan fingerprint density at radius 1 is 1.05 bits per heavy atom. The van der Waals surface area contributed by atoms with E-state index in [0.29, 0.717) is 29.5 Å². The Hall–Kier alpha value is -1.83. The Balaban J connectivity index is 1.37. The van der Waals surface area contributed by atoms with Crippen LogP contribution in [0.4, 0.5) is 0 Å². The molecular formula is C23H25Br4ClN10O4. The molecule has 3 aliphatic heterocycles. The van der Waals surface area contributed by atoms with E-state index >= 15 is 0 Å². The first-order valence-corrected chi connectivity index (χ1v) is 16.2. The summed E-state index contributed by atoms with van der Waals surface area (Å²) < 4.78 is 8.42. The van der Waals surface area contributed by atoms with Gasteiger partial charge in [-0.25, -0.2) is 9.98 Å². The van der Waals surface area contributed by atoms with Gasteiger partial charge >= 0.3 is 0 Å². The first-order valence-electron chi connectivity index (χ1n) is 12.6. The van der Waals surface area contributed by atoms with Crippen molar-refractivity contribution in [3.05, 3.63) is 41.7 Å². The number of methoxy groups -OCH3 is 1. The van der Waals surface area contributed by atoms with Crippen LogP contribution in [0.2, 0.25) is 0 Å². The summed E-state index contributed by atoms with van der Waals surface area (Å²) in [5.74, 6) is -2.42. The van der Waals surface area contributed by atoms with Gasteiger partial charge in [0.25, 0.3) is 11.8 Å². The normalized spacial score (nSPS) is 34.4. The van der Waals surface area contributed by atoms with Crippen LogP contribution in [-0.4, -0.2) is 92.9 Å². The van der Waals surface area contributed by atoms with Gasteiger partial charge in [-0.15, -0.1) is 11.6 Å². The molecule has 1 saturated carbocycles. The number of amides is 2. The molecule has 0 bridgehead atoms. The molecule has 14 nitrogen and oxygen atoms in total. The summed E-state index contributed by atoms with van der Waals surface area (Å²) in [5, 5.41) is 20.3. The van der Waals surface area contributed by atoms with Crippen LogP contribution in [0, 0.1) is 17.8 Å². The van der Waals surface area contributed by atoms with Crippen LogP contribution in [0.1, 0.15) is 21.0 Å². The molecule has 2 amide bonds. The highest BCUT2D eigenvalue weighted by atomic mass is 79.9. The average Bonchev–Trinajstić information content (AvgIpc) is 3.71. The van der Waals surface area contributed by atoms with Crippen LogP contribution in [0.3, 0.4) is 0 Å². The number of ether oxygens (including phenoxy) is 1. The first kappa shape index (κ1) is 30.2. The van der Waals surface area contributed by atoms with Gasteiger partial charge in [0.05, 0.1) is 23.5 Å². The number of H-pyrrole nitrogens is 2. The van der Waals surface area contributed by atoms with E-state index in [1.807, 2.05) is 0 Å². The largest absolute Gasteiger partial charge is 0.370 e. The number of nitrogens with one attached hydrogen (secondary N) is 5. The SMILES string of the molecule is CO[C@H]1N=C(N)N2[C@@H]3N=C(N)N[C@]3(O)[C@@H]3[C@@H](CNC(=O)c4cc(Br)c(Br)[nH]4)[C@H](CNC(=O)c4cc(Br)c(Br)[nH]4)[C@@H](Cl)[C@@]132. The molecule has 6 rings (SSSR count). The molecule has 42 heavy (non-hydrogen) atoms. The zero-order chi connectivity index (χ0) is 30.3. The first-order chi connectivity index (χ1) is 19.8. The summed E-state index contributed by atoms with van der Waals surface area (Å²) in [4.78, 5) is 42.9. The molecule has 2 aromatic heterocycles. The highest BCUT2D eigenvalue weighted by Gasteiger charge is 2.82. The third-order valence-electron chi connectivity index (χ3n) is 8.46. The Labute approximate surface area is 277 Å². The van der Waals surface area contributed by atoms with Gasteiger partial charge in [0.2, 0.25) is 0 Å². The minimum absolute atomic E-state index is 0.0272. The van der Waals surface area contributed by atoms with Gasteiger partial charge in [-0.1, -0.05) is 0 Å². The maximum atomic E-state index is 13.2. The van der Waals surface area contributed by atoms with Gasteiger partial charge < -0.3 is 52.1 Å². The summed E-state index contributed by atoms with van der Waals surface area (Å²) >= 11 is 20.8. The van der Waals surface area contributed by atoms with Crippen molar-refractivity contribution < 1.29 is 19.4 Å². The van der Waals surface area contributed by atoms with Crippen molar-refractivity contribution >= 4 is 99.1 Å². The van der Waals surface area contributed by atoms with Gasteiger partial charge in [0.15, 0.2) is 30.0 Å². The van der Waals surface area contributed by atoms with E-state index in [1.165, 1.54) is 7.11 Å². The Kier molecular flexibility index (Phi) is 7.67. The standard InChI is InChI=1S/C23H25Br4ClN10O4/c1-42-19-22-12(23(41)18(35-20(29)37-23)38(22)21(30)36-19)6(4-31-16(39)10-2-8(24)14(26)33-10)7(13(22)28)5-32-17(40)11-3-9(25)15(27)34-11/h2-3,6-7,12-13,18-19,33-34,41H,4-5H2,1H3,(H2,30,36)(H,31,39)(H,32,40)(H3,29,35,37)/t6-,7-,12+,13+,18-,19+,22+,23-/m0/s1. The molecule has 4 aliphatic rings. The lowest BCUT2D eigenvalue weighted by Crippen LogP contribution is -2.61. The number of carbonyl (C=O) groups excluding carboxylic acids is 2. The number of halogens is 5. The smallest absolute Gasteiger partial charge is 0.267 e. The molecule has 0 radical (unpaired) electrons. The highest BCUT2D eigenvalue weighted by molar-refractivity contribution is 9.13. The van der Waals surface area contributed by atoms with Gasteiger partial charge in [-0.05, 0) is 81.8 Å². The molecule has 2 fully saturated rings. The Morgan fingerprint density at radius 2 is 1.60 bits per heavy atom. The fraction of sp³-hybridized carbons (Fsp3) is 0.478. The zero-order valence-corrected chi connectivity index (χ0v) is 28.7. The van der Waals surface area contributed by atoms with Crippen molar-refractivity contribution in [3.8, 4) is 0 Å². The van der Waals surface area contributed by atoms with Crippen LogP contribution in [0.25, 0.3) is 0 Å². The third kappa shape index (κ3) is 4.27. The van der Waals surface area contributed by atoms with Crippen molar-refractivity contribution in [1.82, 2.24) is 30.8 Å². The molecule has 0 aromatic carbocycles. The number of carbonyl (C=O) groups is 2. The summed E-state index contributed by atoms with van der Waals surface area (Å²) in [6, 6.07) is 3.29. The predicted octanol–water partition coefficient (Wildman–Crippen LogP) is 1.31. The van der Waals surface area contributed by atoms with Crippen molar-refractivity contribution in [2.45, 2.75) is 29.0 Å². The molecule has 2 aromatic rings. The quantitative estimate of drug-likeness (QED) is 0.190. The second-order valence-corrected chi connectivity index (χ2v) is 14.3. The number of nitrogens with zero attached hydrogens (tertiary/aromatic N) is 3. The molecule has 10 N–H and O–H groups in total. The average molecular weight is 861 g/mol. The van der Waals surface area contributed by atoms with Crippen LogP contribution in [0.5, 0.6) is 0 Å². The number of aliphatic hydroxyl groups is 1. The molecule has 19 heteroatoms. The minimum Gasteiger partial charge on any atom is -0.370 e. The fourth-order valence-corrected chi connectivity index (χ4v) is 8.91. The topological polar surface area (TPSA) is 211 Å². The van der Waals surface area contributed by atoms with Gasteiger partial charge in [-0.2, -0.15) is 0 Å². The monoisotopic (exact) mass is 856 g/mol. The number of hydrogen-bond acceptors (Lipinski definition) is 10. The minimum atomic E-state index is -1.73. The van der Waals surface area contributed by atoms with Crippen LogP contribution < -0.4 is 27.4 Å². The number of aromatic nitrogens is 2. The zero-order valence-electron chi connectivity index (χ0n) is 21.6. The number of nitrogens with two attached hydrogens (primary N) is 2. The van der Waals surface area contributed by atoms with Gasteiger partial charge in [0, 0.05) is 32.0 Å². The second kappa shape index (κ2) is 10.7. The second-order valence-electron chi connectivity index (χ2n) is 10.5. The lowest BCUT2D eigenvalue weighted by Gasteiger charge is -2.40. The summed E-state index contributed by atoms with van der Waals surface area (Å²) in [5.41, 5.74) is 10.2. The molecule has 1 spiro atoms. The maximum Gasteiger partial charge on any atom is 0.267 e. The number of aromatic amines is 2. The van der Waals surface area contributed by atoms with Crippen LogP contribution in [-0.2, 0) is 4.74 Å². The highest BCUT2D eigenvalue weighted by Crippen LogP contribution is 2.64. The van der Waals surface area contributed by atoms with Gasteiger partial charge in [-0.3, -0.25) is 9.59 Å². The molecule has 0 unspecified atom stereocenters. The van der Waals surface area contributed by atoms with E-state index in [1.54, 1.807) is 17.0 Å². The summed E-state index contributed by atoms with van der Waals surface area (Å²) in [6.07, 6.45) is -1.81. The molecule has 1 aliphatic carbocycles. The Bertz CT molecular complexity index is 1500. The molecule has 8 atom stereocenters.